The number of ether oxygens (including phenoxy) is 1. The van der Waals surface area contributed by atoms with Crippen molar-refractivity contribution in [2.45, 2.75) is 25.7 Å². The van der Waals surface area contributed by atoms with Gasteiger partial charge in [-0.2, -0.15) is 0 Å². The molecule has 0 radical (unpaired) electrons. The number of carbonyl (C=O) groups excluding carboxylic acids is 1. The van der Waals surface area contributed by atoms with Gasteiger partial charge < -0.3 is 9.84 Å². The van der Waals surface area contributed by atoms with Crippen LogP contribution in [0.5, 0.6) is 5.75 Å². The molecule has 1 fully saturated rings. The van der Waals surface area contributed by atoms with Gasteiger partial charge in [0, 0.05) is 5.92 Å². The van der Waals surface area contributed by atoms with Crippen LogP contribution in [0.15, 0.2) is 12.1 Å². The van der Waals surface area contributed by atoms with E-state index in [9.17, 15) is 14.3 Å². The van der Waals surface area contributed by atoms with E-state index in [0.717, 1.165) is 12.8 Å². The predicted octanol–water partition coefficient (Wildman–Crippen LogP) is 3.44. The Hall–Kier alpha value is -0.850. The van der Waals surface area contributed by atoms with E-state index >= 15 is 0 Å². The maximum Gasteiger partial charge on any atom is 0.309 e. The molecule has 1 aromatic rings. The smallest absolute Gasteiger partial charge is 0.309 e. The van der Waals surface area contributed by atoms with E-state index in [1.54, 1.807) is 19.1 Å². The van der Waals surface area contributed by atoms with E-state index < -0.39 is 11.7 Å². The molecule has 1 saturated carbocycles. The van der Waals surface area contributed by atoms with Crippen LogP contribution in [0.3, 0.4) is 0 Å². The lowest BCUT2D eigenvalue weighted by Gasteiger charge is -2.23. The summed E-state index contributed by atoms with van der Waals surface area (Å²) in [6.45, 7) is 1.75. The summed E-state index contributed by atoms with van der Waals surface area (Å²) in [7, 11) is 1.34. The summed E-state index contributed by atoms with van der Waals surface area (Å²) >= 11 is 1.88. The van der Waals surface area contributed by atoms with Gasteiger partial charge >= 0.3 is 5.97 Å². The molecule has 0 aromatic heterocycles. The van der Waals surface area contributed by atoms with E-state index in [4.69, 9.17) is 4.74 Å². The van der Waals surface area contributed by atoms with Gasteiger partial charge in [-0.1, -0.05) is 13.0 Å². The number of carbonyl (C=O) groups is 1. The second-order valence-corrected chi connectivity index (χ2v) is 6.14. The summed E-state index contributed by atoms with van der Waals surface area (Å²) in [5.74, 6) is -1.63. The number of aromatic hydroxyl groups is 1. The molecule has 2 rings (SSSR count). The van der Waals surface area contributed by atoms with Crippen LogP contribution >= 0.6 is 22.6 Å². The van der Waals surface area contributed by atoms with Gasteiger partial charge in [-0.05, 0) is 53.0 Å². The van der Waals surface area contributed by atoms with Gasteiger partial charge in [0.25, 0.3) is 0 Å². The molecule has 1 N–H and O–H groups in total. The highest BCUT2D eigenvalue weighted by molar-refractivity contribution is 14.1. The number of esters is 1. The molecule has 2 atom stereocenters. The summed E-state index contributed by atoms with van der Waals surface area (Å²) in [6.07, 6.45) is 1.97. The number of phenolic OH excluding ortho intramolecular Hbond substituents is 1. The molecular weight excluding hydrogens is 362 g/mol. The molecule has 0 spiro atoms. The van der Waals surface area contributed by atoms with Gasteiger partial charge in [0.05, 0.1) is 16.6 Å². The highest BCUT2D eigenvalue weighted by Crippen LogP contribution is 2.48. The largest absolute Gasteiger partial charge is 0.504 e. The van der Waals surface area contributed by atoms with Gasteiger partial charge in [0.15, 0.2) is 11.6 Å². The van der Waals surface area contributed by atoms with Crippen LogP contribution in [0.1, 0.15) is 31.2 Å². The Balaban J connectivity index is 2.40. The van der Waals surface area contributed by atoms with Crippen molar-refractivity contribution in [2.75, 3.05) is 7.11 Å². The van der Waals surface area contributed by atoms with Crippen LogP contribution in [-0.4, -0.2) is 18.2 Å². The fraction of sp³-hybridized carbons (Fsp3) is 0.500. The molecule has 2 unspecified atom stereocenters. The number of hydrogen-bond acceptors (Lipinski definition) is 3. The number of benzene rings is 1. The fourth-order valence-corrected chi connectivity index (χ4v) is 2.95. The van der Waals surface area contributed by atoms with E-state index in [-0.39, 0.29) is 17.6 Å². The third-order valence-corrected chi connectivity index (χ3v) is 4.57. The Labute approximate surface area is 125 Å². The highest BCUT2D eigenvalue weighted by Gasteiger charge is 2.40. The maximum absolute atomic E-state index is 14.2. The normalized spacial score (nSPS) is 17.9. The molecule has 0 amide bonds. The molecule has 3 nitrogen and oxygen atoms in total. The molecule has 0 heterocycles. The second kappa shape index (κ2) is 5.64. The van der Waals surface area contributed by atoms with Gasteiger partial charge in [-0.3, -0.25) is 4.79 Å². The summed E-state index contributed by atoms with van der Waals surface area (Å²) in [5.41, 5.74) is 0.415. The molecule has 1 aliphatic carbocycles. The van der Waals surface area contributed by atoms with Crippen LogP contribution in [0.2, 0.25) is 0 Å². The minimum absolute atomic E-state index is 0.227. The van der Waals surface area contributed by atoms with Crippen molar-refractivity contribution in [3.05, 3.63) is 27.1 Å². The van der Waals surface area contributed by atoms with Crippen LogP contribution in [0.4, 0.5) is 4.39 Å². The minimum Gasteiger partial charge on any atom is -0.504 e. The van der Waals surface area contributed by atoms with Crippen molar-refractivity contribution in [1.82, 2.24) is 0 Å². The number of halogens is 2. The lowest BCUT2D eigenvalue weighted by atomic mass is 9.83. The molecule has 5 heteroatoms. The van der Waals surface area contributed by atoms with Crippen molar-refractivity contribution in [2.24, 2.45) is 11.8 Å². The van der Waals surface area contributed by atoms with Crippen molar-refractivity contribution in [3.8, 4) is 5.75 Å². The van der Waals surface area contributed by atoms with E-state index in [0.29, 0.717) is 15.1 Å². The SMILES string of the molecule is COC(=O)C(C)C(c1ccc(I)c(O)c1F)C1CC1. The Morgan fingerprint density at radius 3 is 2.68 bits per heavy atom. The monoisotopic (exact) mass is 378 g/mol. The first kappa shape index (κ1) is 14.6. The van der Waals surface area contributed by atoms with Gasteiger partial charge in [0.2, 0.25) is 0 Å². The number of rotatable bonds is 4. The van der Waals surface area contributed by atoms with Gasteiger partial charge in [-0.15, -0.1) is 0 Å². The van der Waals surface area contributed by atoms with Crippen molar-refractivity contribution in [1.29, 1.82) is 0 Å². The minimum atomic E-state index is -0.612. The van der Waals surface area contributed by atoms with Gasteiger partial charge in [0.1, 0.15) is 0 Å². The topological polar surface area (TPSA) is 46.5 Å². The quantitative estimate of drug-likeness (QED) is 0.645. The molecule has 104 valence electrons. The highest BCUT2D eigenvalue weighted by atomic mass is 127. The molecular formula is C14H16FIO3. The van der Waals surface area contributed by atoms with Crippen molar-refractivity contribution in [3.63, 3.8) is 0 Å². The average molecular weight is 378 g/mol. The van der Waals surface area contributed by atoms with Crippen molar-refractivity contribution >= 4 is 28.6 Å². The first-order valence-electron chi connectivity index (χ1n) is 6.22. The lowest BCUT2D eigenvalue weighted by Crippen LogP contribution is -2.23. The second-order valence-electron chi connectivity index (χ2n) is 4.97. The molecule has 19 heavy (non-hydrogen) atoms. The van der Waals surface area contributed by atoms with E-state index in [1.807, 2.05) is 22.6 Å². The maximum atomic E-state index is 14.2. The standard InChI is InChI=1S/C14H16FIO3/c1-7(14(18)19-2)11(8-3-4-8)9-5-6-10(16)13(17)12(9)15/h5-8,11,17H,3-4H2,1-2H3. The zero-order valence-electron chi connectivity index (χ0n) is 10.8. The Bertz CT molecular complexity index is 500. The first-order valence-corrected chi connectivity index (χ1v) is 7.30. The van der Waals surface area contributed by atoms with Crippen LogP contribution in [-0.2, 0) is 9.53 Å². The van der Waals surface area contributed by atoms with Crippen LogP contribution < -0.4 is 0 Å². The van der Waals surface area contributed by atoms with E-state index in [2.05, 4.69) is 0 Å². The average Bonchev–Trinajstić information content (AvgIpc) is 3.22. The number of methoxy groups -OCH3 is 1. The lowest BCUT2D eigenvalue weighted by molar-refractivity contribution is -0.145. The summed E-state index contributed by atoms with van der Waals surface area (Å²) in [5, 5.41) is 9.72. The number of phenols is 1. The Morgan fingerprint density at radius 1 is 1.53 bits per heavy atom. The molecule has 1 aromatic carbocycles. The summed E-state index contributed by atoms with van der Waals surface area (Å²) in [6, 6.07) is 3.34. The zero-order chi connectivity index (χ0) is 14.2. The molecule has 0 saturated heterocycles. The van der Waals surface area contributed by atoms with Gasteiger partial charge in [-0.25, -0.2) is 4.39 Å². The van der Waals surface area contributed by atoms with Crippen molar-refractivity contribution < 1.29 is 19.0 Å². The summed E-state index contributed by atoms with van der Waals surface area (Å²) in [4.78, 5) is 11.7. The zero-order valence-corrected chi connectivity index (χ0v) is 13.0. The first-order chi connectivity index (χ1) is 8.97. The third kappa shape index (κ3) is 2.85. The molecule has 0 bridgehead atoms. The molecule has 0 aliphatic heterocycles. The van der Waals surface area contributed by atoms with Crippen LogP contribution in [0.25, 0.3) is 0 Å². The third-order valence-electron chi connectivity index (χ3n) is 3.70. The fourth-order valence-electron chi connectivity index (χ4n) is 2.53. The Kier molecular flexibility index (Phi) is 4.32. The predicted molar refractivity (Wildman–Crippen MR) is 77.4 cm³/mol. The van der Waals surface area contributed by atoms with Crippen LogP contribution in [0, 0.1) is 21.2 Å². The van der Waals surface area contributed by atoms with E-state index in [1.165, 1.54) is 7.11 Å². The summed E-state index contributed by atoms with van der Waals surface area (Å²) < 4.78 is 19.5. The molecule has 1 aliphatic rings. The number of hydrogen-bond donors (Lipinski definition) is 1. The Morgan fingerprint density at radius 2 is 2.16 bits per heavy atom.